The molecule has 1 unspecified atom stereocenters. The van der Waals surface area contributed by atoms with Crippen molar-refractivity contribution in [2.24, 2.45) is 0 Å². The van der Waals surface area contributed by atoms with Gasteiger partial charge in [-0.25, -0.2) is 4.57 Å². The third-order valence-electron chi connectivity index (χ3n) is 3.12. The van der Waals surface area contributed by atoms with Gasteiger partial charge >= 0.3 is 7.75 Å². The van der Waals surface area contributed by atoms with E-state index in [4.69, 9.17) is 20.9 Å². The highest BCUT2D eigenvalue weighted by Crippen LogP contribution is 2.36. The van der Waals surface area contributed by atoms with Crippen LogP contribution in [0.2, 0.25) is 5.02 Å². The summed E-state index contributed by atoms with van der Waals surface area (Å²) in [4.78, 5) is 20.2. The van der Waals surface area contributed by atoms with Gasteiger partial charge < -0.3 is 9.63 Å². The molecule has 2 aromatic rings. The van der Waals surface area contributed by atoms with Gasteiger partial charge in [0.1, 0.15) is 11.5 Å². The van der Waals surface area contributed by atoms with Gasteiger partial charge in [0.15, 0.2) is 0 Å². The smallest absolute Gasteiger partial charge is 0.432 e. The SMILES string of the molecule is CC(=O)NP(=O)(O)OCCCc1cccc(Oc2ccc(Cl)cc2)c1. The van der Waals surface area contributed by atoms with E-state index in [0.717, 1.165) is 12.5 Å². The van der Waals surface area contributed by atoms with Gasteiger partial charge in [0.2, 0.25) is 5.91 Å². The number of hydrogen-bond acceptors (Lipinski definition) is 4. The maximum Gasteiger partial charge on any atom is 0.432 e. The second kappa shape index (κ2) is 9.02. The lowest BCUT2D eigenvalue weighted by Crippen LogP contribution is -2.18. The van der Waals surface area contributed by atoms with Crippen LogP contribution in [0.25, 0.3) is 0 Å². The molecule has 0 saturated carbocycles. The van der Waals surface area contributed by atoms with Gasteiger partial charge in [-0.3, -0.25) is 14.4 Å². The maximum absolute atomic E-state index is 11.5. The number of carbonyl (C=O) groups excluding carboxylic acids is 1. The molecule has 8 heteroatoms. The van der Waals surface area contributed by atoms with E-state index in [1.165, 1.54) is 0 Å². The van der Waals surface area contributed by atoms with Crippen molar-refractivity contribution < 1.29 is 23.5 Å². The van der Waals surface area contributed by atoms with Crippen molar-refractivity contribution in [3.05, 3.63) is 59.1 Å². The van der Waals surface area contributed by atoms with Crippen LogP contribution in [0.5, 0.6) is 11.5 Å². The summed E-state index contributed by atoms with van der Waals surface area (Å²) in [6.07, 6.45) is 1.16. The molecule has 0 aliphatic carbocycles. The van der Waals surface area contributed by atoms with Gasteiger partial charge in [0, 0.05) is 11.9 Å². The first-order valence-electron chi connectivity index (χ1n) is 7.63. The van der Waals surface area contributed by atoms with Gasteiger partial charge in [-0.1, -0.05) is 23.7 Å². The molecule has 1 atom stereocenters. The van der Waals surface area contributed by atoms with E-state index in [0.29, 0.717) is 29.4 Å². The van der Waals surface area contributed by atoms with Gasteiger partial charge in [0.05, 0.1) is 6.61 Å². The van der Waals surface area contributed by atoms with Crippen LogP contribution >= 0.6 is 19.3 Å². The molecular formula is C17H19ClNO5P. The van der Waals surface area contributed by atoms with Crippen molar-refractivity contribution in [3.8, 4) is 11.5 Å². The Bertz CT molecular complexity index is 766. The minimum atomic E-state index is -4.06. The minimum absolute atomic E-state index is 0.0519. The summed E-state index contributed by atoms with van der Waals surface area (Å²) < 4.78 is 22.1. The second-order valence-electron chi connectivity index (χ2n) is 5.33. The highest BCUT2D eigenvalue weighted by atomic mass is 35.5. The third kappa shape index (κ3) is 7.28. The van der Waals surface area contributed by atoms with Crippen molar-refractivity contribution in [1.82, 2.24) is 5.09 Å². The van der Waals surface area contributed by atoms with E-state index < -0.39 is 13.7 Å². The molecule has 134 valence electrons. The minimum Gasteiger partial charge on any atom is -0.457 e. The monoisotopic (exact) mass is 383 g/mol. The van der Waals surface area contributed by atoms with E-state index in [9.17, 15) is 14.3 Å². The molecule has 0 heterocycles. The number of nitrogens with one attached hydrogen (secondary N) is 1. The number of ether oxygens (including phenoxy) is 1. The average molecular weight is 384 g/mol. The first kappa shape index (κ1) is 19.5. The molecule has 0 fully saturated rings. The van der Waals surface area contributed by atoms with Gasteiger partial charge in [-0.15, -0.1) is 0 Å². The summed E-state index contributed by atoms with van der Waals surface area (Å²) >= 11 is 5.84. The second-order valence-corrected chi connectivity index (χ2v) is 7.29. The molecule has 0 aromatic heterocycles. The van der Waals surface area contributed by atoms with E-state index in [2.05, 4.69) is 0 Å². The Morgan fingerprint density at radius 2 is 1.92 bits per heavy atom. The lowest BCUT2D eigenvalue weighted by Gasteiger charge is -2.12. The fourth-order valence-corrected chi connectivity index (χ4v) is 3.06. The summed E-state index contributed by atoms with van der Waals surface area (Å²) in [5.41, 5.74) is 1.00. The number of hydrogen-bond donors (Lipinski definition) is 2. The zero-order valence-corrected chi connectivity index (χ0v) is 15.3. The van der Waals surface area contributed by atoms with Crippen LogP contribution in [0.1, 0.15) is 18.9 Å². The summed E-state index contributed by atoms with van der Waals surface area (Å²) in [5, 5.41) is 2.52. The molecule has 2 N–H and O–H groups in total. The van der Waals surface area contributed by atoms with Gasteiger partial charge in [0.25, 0.3) is 0 Å². The Kier molecular flexibility index (Phi) is 7.02. The number of benzene rings is 2. The van der Waals surface area contributed by atoms with Crippen molar-refractivity contribution in [2.75, 3.05) is 6.61 Å². The number of rotatable bonds is 8. The van der Waals surface area contributed by atoms with E-state index in [-0.39, 0.29) is 6.61 Å². The first-order chi connectivity index (χ1) is 11.8. The third-order valence-corrected chi connectivity index (χ3v) is 4.50. The number of aryl methyl sites for hydroxylation is 1. The van der Waals surface area contributed by atoms with Crippen molar-refractivity contribution in [3.63, 3.8) is 0 Å². The van der Waals surface area contributed by atoms with Crippen LogP contribution in [0.4, 0.5) is 0 Å². The van der Waals surface area contributed by atoms with Crippen LogP contribution < -0.4 is 9.82 Å². The van der Waals surface area contributed by atoms with Crippen LogP contribution in [0, 0.1) is 0 Å². The van der Waals surface area contributed by atoms with Crippen molar-refractivity contribution >= 4 is 25.3 Å². The molecule has 2 rings (SSSR count). The zero-order chi connectivity index (χ0) is 18.3. The fraction of sp³-hybridized carbons (Fsp3) is 0.235. The molecule has 0 spiro atoms. The summed E-state index contributed by atoms with van der Waals surface area (Å²) in [7, 11) is -4.06. The average Bonchev–Trinajstić information content (AvgIpc) is 2.53. The van der Waals surface area contributed by atoms with Crippen LogP contribution in [-0.4, -0.2) is 17.4 Å². The van der Waals surface area contributed by atoms with E-state index in [1.807, 2.05) is 29.4 Å². The zero-order valence-electron chi connectivity index (χ0n) is 13.6. The first-order valence-corrected chi connectivity index (χ1v) is 9.58. The summed E-state index contributed by atoms with van der Waals surface area (Å²) in [6.45, 7) is 1.20. The molecule has 0 aliphatic rings. The predicted octanol–water partition coefficient (Wildman–Crippen LogP) is 4.32. The normalized spacial score (nSPS) is 13.1. The number of carbonyl (C=O) groups is 1. The van der Waals surface area contributed by atoms with Crippen LogP contribution in [0.3, 0.4) is 0 Å². The Labute approximate surface area is 151 Å². The number of amides is 1. The molecule has 2 aromatic carbocycles. The highest BCUT2D eigenvalue weighted by molar-refractivity contribution is 7.51. The molecule has 0 radical (unpaired) electrons. The summed E-state index contributed by atoms with van der Waals surface area (Å²) in [5.74, 6) is 0.756. The molecule has 0 saturated heterocycles. The van der Waals surface area contributed by atoms with Crippen LogP contribution in [-0.2, 0) is 20.3 Å². The van der Waals surface area contributed by atoms with E-state index in [1.54, 1.807) is 24.3 Å². The Hall–Kier alpha value is -1.85. The highest BCUT2D eigenvalue weighted by Gasteiger charge is 2.19. The topological polar surface area (TPSA) is 84.9 Å². The van der Waals surface area contributed by atoms with Gasteiger partial charge in [-0.2, -0.15) is 0 Å². The molecule has 25 heavy (non-hydrogen) atoms. The Morgan fingerprint density at radius 3 is 2.60 bits per heavy atom. The quantitative estimate of drug-likeness (QED) is 0.524. The Morgan fingerprint density at radius 1 is 1.20 bits per heavy atom. The molecule has 6 nitrogen and oxygen atoms in total. The summed E-state index contributed by atoms with van der Waals surface area (Å²) in [6, 6.07) is 14.6. The lowest BCUT2D eigenvalue weighted by molar-refractivity contribution is -0.117. The number of halogens is 1. The van der Waals surface area contributed by atoms with Crippen LogP contribution in [0.15, 0.2) is 48.5 Å². The molecular weight excluding hydrogens is 365 g/mol. The molecule has 0 bridgehead atoms. The van der Waals surface area contributed by atoms with Crippen molar-refractivity contribution in [1.29, 1.82) is 0 Å². The standard InChI is InChI=1S/C17H19ClNO5P/c1-13(20)19-25(21,22)23-11-3-5-14-4-2-6-17(12-14)24-16-9-7-15(18)8-10-16/h2,4,6-10,12H,3,5,11H2,1H3,(H2,19,20,21,22). The lowest BCUT2D eigenvalue weighted by atomic mass is 10.1. The van der Waals surface area contributed by atoms with Gasteiger partial charge in [-0.05, 0) is 54.8 Å². The fourth-order valence-electron chi connectivity index (χ4n) is 2.10. The molecule has 1 amide bonds. The Balaban J connectivity index is 1.84. The predicted molar refractivity (Wildman–Crippen MR) is 95.9 cm³/mol. The maximum atomic E-state index is 11.5. The largest absolute Gasteiger partial charge is 0.457 e. The van der Waals surface area contributed by atoms with Crippen molar-refractivity contribution in [2.45, 2.75) is 19.8 Å². The van der Waals surface area contributed by atoms with E-state index >= 15 is 0 Å². The molecule has 0 aliphatic heterocycles.